The molecule has 14 heavy (non-hydrogen) atoms. The molecule has 0 bridgehead atoms. The molecule has 1 aliphatic rings. The lowest BCUT2D eigenvalue weighted by atomic mass is 10.2. The van der Waals surface area contributed by atoms with E-state index in [0.717, 1.165) is 31.6 Å². The number of hydrogen-bond donors (Lipinski definition) is 1. The predicted octanol–water partition coefficient (Wildman–Crippen LogP) is 1.80. The molecule has 1 aliphatic carbocycles. The van der Waals surface area contributed by atoms with Crippen LogP contribution in [-0.4, -0.2) is 13.2 Å². The van der Waals surface area contributed by atoms with Gasteiger partial charge in [0.15, 0.2) is 0 Å². The summed E-state index contributed by atoms with van der Waals surface area (Å²) in [5.74, 6) is 1.45. The van der Waals surface area contributed by atoms with Gasteiger partial charge in [-0.15, -0.1) is 0 Å². The first kappa shape index (κ1) is 9.69. The SMILES string of the molecule is NCC1CC1COCc1ccccc1. The van der Waals surface area contributed by atoms with E-state index >= 15 is 0 Å². The first-order chi connectivity index (χ1) is 6.90. The molecule has 2 N–H and O–H groups in total. The maximum Gasteiger partial charge on any atom is 0.0717 e. The van der Waals surface area contributed by atoms with E-state index in [-0.39, 0.29) is 0 Å². The molecule has 2 atom stereocenters. The minimum atomic E-state index is 0.726. The van der Waals surface area contributed by atoms with E-state index in [0.29, 0.717) is 0 Å². The van der Waals surface area contributed by atoms with Gasteiger partial charge in [-0.3, -0.25) is 0 Å². The fourth-order valence-electron chi connectivity index (χ4n) is 1.71. The summed E-state index contributed by atoms with van der Waals surface area (Å²) in [6.45, 7) is 2.42. The molecule has 76 valence electrons. The van der Waals surface area contributed by atoms with Gasteiger partial charge in [0.05, 0.1) is 13.2 Å². The number of hydrogen-bond acceptors (Lipinski definition) is 2. The van der Waals surface area contributed by atoms with Crippen molar-refractivity contribution in [2.24, 2.45) is 17.6 Å². The molecule has 1 saturated carbocycles. The Morgan fingerprint density at radius 3 is 2.64 bits per heavy atom. The summed E-state index contributed by atoms with van der Waals surface area (Å²) in [4.78, 5) is 0. The molecule has 1 fully saturated rings. The van der Waals surface area contributed by atoms with Gasteiger partial charge in [0, 0.05) is 0 Å². The summed E-state index contributed by atoms with van der Waals surface area (Å²) in [7, 11) is 0. The van der Waals surface area contributed by atoms with Gasteiger partial charge in [-0.05, 0) is 30.4 Å². The summed E-state index contributed by atoms with van der Waals surface area (Å²) in [5, 5.41) is 0. The number of ether oxygens (including phenoxy) is 1. The van der Waals surface area contributed by atoms with Crippen molar-refractivity contribution in [2.45, 2.75) is 13.0 Å². The Labute approximate surface area is 85.1 Å². The van der Waals surface area contributed by atoms with Gasteiger partial charge in [0.25, 0.3) is 0 Å². The summed E-state index contributed by atoms with van der Waals surface area (Å²) in [6.07, 6.45) is 1.26. The molecule has 0 aromatic heterocycles. The molecule has 0 aliphatic heterocycles. The van der Waals surface area contributed by atoms with Crippen LogP contribution in [-0.2, 0) is 11.3 Å². The van der Waals surface area contributed by atoms with Crippen LogP contribution in [0.3, 0.4) is 0 Å². The van der Waals surface area contributed by atoms with E-state index in [2.05, 4.69) is 12.1 Å². The van der Waals surface area contributed by atoms with Gasteiger partial charge >= 0.3 is 0 Å². The lowest BCUT2D eigenvalue weighted by Gasteiger charge is -2.03. The number of rotatable bonds is 5. The molecule has 0 radical (unpaired) electrons. The largest absolute Gasteiger partial charge is 0.376 e. The standard InChI is InChI=1S/C12H17NO/c13-7-11-6-12(11)9-14-8-10-4-2-1-3-5-10/h1-5,11-12H,6-9,13H2. The van der Waals surface area contributed by atoms with Crippen molar-refractivity contribution in [1.29, 1.82) is 0 Å². The smallest absolute Gasteiger partial charge is 0.0717 e. The van der Waals surface area contributed by atoms with Gasteiger partial charge in [0.1, 0.15) is 0 Å². The molecule has 2 heteroatoms. The Hall–Kier alpha value is -0.860. The minimum absolute atomic E-state index is 0.726. The van der Waals surface area contributed by atoms with Crippen LogP contribution in [0.2, 0.25) is 0 Å². The zero-order valence-corrected chi connectivity index (χ0v) is 8.36. The fraction of sp³-hybridized carbons (Fsp3) is 0.500. The monoisotopic (exact) mass is 191 g/mol. The maximum absolute atomic E-state index is 5.62. The second kappa shape index (κ2) is 4.58. The van der Waals surface area contributed by atoms with E-state index in [1.807, 2.05) is 18.2 Å². The first-order valence-corrected chi connectivity index (χ1v) is 5.22. The van der Waals surface area contributed by atoms with Crippen LogP contribution in [0.1, 0.15) is 12.0 Å². The average molecular weight is 191 g/mol. The molecule has 0 saturated heterocycles. The highest BCUT2D eigenvalue weighted by molar-refractivity contribution is 5.13. The van der Waals surface area contributed by atoms with E-state index in [9.17, 15) is 0 Å². The van der Waals surface area contributed by atoms with Gasteiger partial charge in [-0.2, -0.15) is 0 Å². The minimum Gasteiger partial charge on any atom is -0.376 e. The number of nitrogens with two attached hydrogens (primary N) is 1. The highest BCUT2D eigenvalue weighted by Gasteiger charge is 2.35. The van der Waals surface area contributed by atoms with Crippen molar-refractivity contribution in [2.75, 3.05) is 13.2 Å². The van der Waals surface area contributed by atoms with E-state index in [4.69, 9.17) is 10.5 Å². The Kier molecular flexibility index (Phi) is 3.17. The van der Waals surface area contributed by atoms with Crippen LogP contribution in [0.15, 0.2) is 30.3 Å². The van der Waals surface area contributed by atoms with Crippen molar-refractivity contribution in [3.63, 3.8) is 0 Å². The van der Waals surface area contributed by atoms with Crippen LogP contribution >= 0.6 is 0 Å². The Morgan fingerprint density at radius 2 is 2.00 bits per heavy atom. The van der Waals surface area contributed by atoms with Crippen molar-refractivity contribution in [3.05, 3.63) is 35.9 Å². The molecule has 2 unspecified atom stereocenters. The summed E-state index contributed by atoms with van der Waals surface area (Å²) < 4.78 is 5.62. The van der Waals surface area contributed by atoms with Crippen LogP contribution < -0.4 is 5.73 Å². The van der Waals surface area contributed by atoms with Crippen molar-refractivity contribution in [1.82, 2.24) is 0 Å². The second-order valence-electron chi connectivity index (χ2n) is 3.99. The lowest BCUT2D eigenvalue weighted by Crippen LogP contribution is -2.05. The Morgan fingerprint density at radius 1 is 1.21 bits per heavy atom. The molecule has 0 amide bonds. The third kappa shape index (κ3) is 2.56. The summed E-state index contributed by atoms with van der Waals surface area (Å²) >= 11 is 0. The summed E-state index contributed by atoms with van der Waals surface area (Å²) in [5.41, 5.74) is 6.80. The Balaban J connectivity index is 1.64. The molecule has 2 rings (SSSR count). The fourth-order valence-corrected chi connectivity index (χ4v) is 1.71. The molecular weight excluding hydrogens is 174 g/mol. The van der Waals surface area contributed by atoms with Crippen LogP contribution in [0.25, 0.3) is 0 Å². The van der Waals surface area contributed by atoms with Crippen LogP contribution in [0, 0.1) is 11.8 Å². The van der Waals surface area contributed by atoms with E-state index < -0.39 is 0 Å². The molecule has 0 spiro atoms. The lowest BCUT2D eigenvalue weighted by molar-refractivity contribution is 0.108. The van der Waals surface area contributed by atoms with Crippen LogP contribution in [0.4, 0.5) is 0 Å². The van der Waals surface area contributed by atoms with Gasteiger partial charge in [-0.1, -0.05) is 30.3 Å². The average Bonchev–Trinajstić information content (AvgIpc) is 2.98. The highest BCUT2D eigenvalue weighted by Crippen LogP contribution is 2.37. The Bertz CT molecular complexity index is 273. The van der Waals surface area contributed by atoms with Gasteiger partial charge < -0.3 is 10.5 Å². The zero-order chi connectivity index (χ0) is 9.80. The zero-order valence-electron chi connectivity index (χ0n) is 8.36. The molecule has 0 heterocycles. The molecule has 2 nitrogen and oxygen atoms in total. The topological polar surface area (TPSA) is 35.2 Å². The van der Waals surface area contributed by atoms with Gasteiger partial charge in [0.2, 0.25) is 0 Å². The van der Waals surface area contributed by atoms with Crippen molar-refractivity contribution in [3.8, 4) is 0 Å². The maximum atomic E-state index is 5.62. The molecule has 1 aromatic rings. The summed E-state index contributed by atoms with van der Waals surface area (Å²) in [6, 6.07) is 10.3. The predicted molar refractivity (Wildman–Crippen MR) is 56.7 cm³/mol. The molecular formula is C12H17NO. The second-order valence-corrected chi connectivity index (χ2v) is 3.99. The molecule has 1 aromatic carbocycles. The third-order valence-corrected chi connectivity index (χ3v) is 2.82. The highest BCUT2D eigenvalue weighted by atomic mass is 16.5. The first-order valence-electron chi connectivity index (χ1n) is 5.22. The van der Waals surface area contributed by atoms with Crippen molar-refractivity contribution < 1.29 is 4.74 Å². The number of benzene rings is 1. The quantitative estimate of drug-likeness (QED) is 0.770. The van der Waals surface area contributed by atoms with Gasteiger partial charge in [-0.25, -0.2) is 0 Å². The van der Waals surface area contributed by atoms with Crippen molar-refractivity contribution >= 4 is 0 Å². The van der Waals surface area contributed by atoms with E-state index in [1.165, 1.54) is 12.0 Å². The van der Waals surface area contributed by atoms with E-state index in [1.54, 1.807) is 0 Å². The van der Waals surface area contributed by atoms with Crippen LogP contribution in [0.5, 0.6) is 0 Å². The third-order valence-electron chi connectivity index (χ3n) is 2.82. The normalized spacial score (nSPS) is 24.9.